The van der Waals surface area contributed by atoms with Crippen LogP contribution >= 0.6 is 0 Å². The number of fused-ring (bicyclic) bond motifs is 3. The first-order chi connectivity index (χ1) is 30.8. The second-order valence-corrected chi connectivity index (χ2v) is 15.7. The molecule has 0 fully saturated rings. The molecule has 2 nitrogen and oxygen atoms in total. The monoisotopic (exact) mass is 790 g/mol. The van der Waals surface area contributed by atoms with Gasteiger partial charge < -0.3 is 9.47 Å². The van der Waals surface area contributed by atoms with E-state index in [0.717, 1.165) is 28.3 Å². The van der Waals surface area contributed by atoms with Gasteiger partial charge in [0.05, 0.1) is 16.7 Å². The average Bonchev–Trinajstić information content (AvgIpc) is 3.70. The number of hydrogen-bond donors (Lipinski definition) is 0. The summed E-state index contributed by atoms with van der Waals surface area (Å²) in [5.41, 5.74) is 18.8. The van der Waals surface area contributed by atoms with Crippen molar-refractivity contribution < 1.29 is 0 Å². The minimum Gasteiger partial charge on any atom is -0.310 e. The summed E-state index contributed by atoms with van der Waals surface area (Å²) in [7, 11) is 0. The summed E-state index contributed by atoms with van der Waals surface area (Å²) in [5, 5.41) is 2.51. The van der Waals surface area contributed by atoms with Crippen LogP contribution in [0.2, 0.25) is 0 Å². The van der Waals surface area contributed by atoms with Crippen molar-refractivity contribution in [2.24, 2.45) is 0 Å². The first kappa shape index (κ1) is 36.8. The Balaban J connectivity index is 1.02. The molecular weight excluding hydrogens is 749 g/mol. The van der Waals surface area contributed by atoms with Crippen LogP contribution in [0.3, 0.4) is 0 Å². The third-order valence-electron chi connectivity index (χ3n) is 12.1. The lowest BCUT2D eigenvalue weighted by Gasteiger charge is -2.28. The molecule has 0 unspecified atom stereocenters. The molecule has 0 radical (unpaired) electrons. The largest absolute Gasteiger partial charge is 0.310 e. The Bertz CT molecular complexity index is 3270. The van der Waals surface area contributed by atoms with E-state index in [4.69, 9.17) is 0 Å². The van der Waals surface area contributed by atoms with Crippen molar-refractivity contribution in [1.29, 1.82) is 0 Å². The summed E-state index contributed by atoms with van der Waals surface area (Å²) < 4.78 is 2.38. The lowest BCUT2D eigenvalue weighted by atomic mass is 9.87. The van der Waals surface area contributed by atoms with Crippen LogP contribution < -0.4 is 4.90 Å². The third kappa shape index (κ3) is 6.65. The standard InChI is InChI=1S/C60H42N2/c1-3-19-43(20-4-1)49-23-7-9-26-52(49)54-28-11-12-29-55(54)53-27-10-8-24-50(53)45-35-37-46(38-36-45)61(58-32-16-13-25-51(58)44-21-5-2-6-22-44)47-39-41-48(42-40-47)62-59-33-17-14-30-56(59)57-31-15-18-34-60(57)62/h1-42H. The van der Waals surface area contributed by atoms with Crippen LogP contribution in [0.1, 0.15) is 0 Å². The van der Waals surface area contributed by atoms with E-state index >= 15 is 0 Å². The second-order valence-electron chi connectivity index (χ2n) is 15.7. The molecule has 0 amide bonds. The molecule has 0 aliphatic carbocycles. The smallest absolute Gasteiger partial charge is 0.0541 e. The SMILES string of the molecule is c1ccc(-c2ccccc2-c2ccccc2-c2ccccc2-c2ccc(N(c3ccc(-n4c5ccccc5c5ccccc54)cc3)c3ccccc3-c3ccccc3)cc2)cc1. The number of hydrogen-bond acceptors (Lipinski definition) is 1. The average molecular weight is 791 g/mol. The first-order valence-electron chi connectivity index (χ1n) is 21.3. The van der Waals surface area contributed by atoms with Crippen molar-refractivity contribution in [2.75, 3.05) is 4.90 Å². The number of rotatable bonds is 9. The minimum atomic E-state index is 1.08. The highest BCUT2D eigenvalue weighted by molar-refractivity contribution is 6.09. The van der Waals surface area contributed by atoms with E-state index in [1.807, 2.05) is 0 Å². The van der Waals surface area contributed by atoms with Gasteiger partial charge in [0.1, 0.15) is 0 Å². The maximum Gasteiger partial charge on any atom is 0.0541 e. The molecule has 11 aromatic rings. The highest BCUT2D eigenvalue weighted by atomic mass is 15.1. The van der Waals surface area contributed by atoms with E-state index in [-0.39, 0.29) is 0 Å². The Morgan fingerprint density at radius 3 is 1.08 bits per heavy atom. The topological polar surface area (TPSA) is 8.17 Å². The number of para-hydroxylation sites is 3. The molecule has 0 N–H and O–H groups in total. The summed E-state index contributed by atoms with van der Waals surface area (Å²) >= 11 is 0. The fraction of sp³-hybridized carbons (Fsp3) is 0. The summed E-state index contributed by atoms with van der Waals surface area (Å²) in [5.74, 6) is 0. The van der Waals surface area contributed by atoms with Crippen LogP contribution in [0.4, 0.5) is 17.1 Å². The van der Waals surface area contributed by atoms with Gasteiger partial charge in [-0.2, -0.15) is 0 Å². The van der Waals surface area contributed by atoms with Gasteiger partial charge >= 0.3 is 0 Å². The normalized spacial score (nSPS) is 11.2. The quantitative estimate of drug-likeness (QED) is 0.141. The van der Waals surface area contributed by atoms with E-state index < -0.39 is 0 Å². The highest BCUT2D eigenvalue weighted by Gasteiger charge is 2.20. The van der Waals surface area contributed by atoms with Crippen LogP contribution in [0, 0.1) is 0 Å². The molecule has 0 saturated carbocycles. The van der Waals surface area contributed by atoms with E-state index in [0.29, 0.717) is 0 Å². The molecule has 0 atom stereocenters. The summed E-state index contributed by atoms with van der Waals surface area (Å²) in [4.78, 5) is 2.39. The maximum absolute atomic E-state index is 2.39. The second kappa shape index (κ2) is 16.1. The molecule has 1 aromatic heterocycles. The van der Waals surface area contributed by atoms with Gasteiger partial charge in [-0.1, -0.05) is 200 Å². The van der Waals surface area contributed by atoms with E-state index in [9.17, 15) is 0 Å². The number of anilines is 3. The molecule has 10 aromatic carbocycles. The van der Waals surface area contributed by atoms with Crippen molar-refractivity contribution in [3.63, 3.8) is 0 Å². The molecule has 0 aliphatic rings. The Labute approximate surface area is 362 Å². The maximum atomic E-state index is 2.39. The number of nitrogens with zero attached hydrogens (tertiary/aromatic N) is 2. The third-order valence-corrected chi connectivity index (χ3v) is 12.1. The molecule has 62 heavy (non-hydrogen) atoms. The Morgan fingerprint density at radius 2 is 0.581 bits per heavy atom. The van der Waals surface area contributed by atoms with Crippen molar-refractivity contribution in [3.8, 4) is 61.3 Å². The summed E-state index contributed by atoms with van der Waals surface area (Å²) in [6.07, 6.45) is 0. The van der Waals surface area contributed by atoms with E-state index in [1.54, 1.807) is 0 Å². The predicted octanol–water partition coefficient (Wildman–Crippen LogP) is 16.6. The molecule has 11 rings (SSSR count). The Kier molecular flexibility index (Phi) is 9.57. The molecular formula is C60H42N2. The van der Waals surface area contributed by atoms with Gasteiger partial charge in [0, 0.05) is 33.4 Å². The fourth-order valence-corrected chi connectivity index (χ4v) is 9.21. The highest BCUT2D eigenvalue weighted by Crippen LogP contribution is 2.44. The van der Waals surface area contributed by atoms with Gasteiger partial charge in [0.15, 0.2) is 0 Å². The lowest BCUT2D eigenvalue weighted by molar-refractivity contribution is 1.17. The minimum absolute atomic E-state index is 1.08. The van der Waals surface area contributed by atoms with Gasteiger partial charge in [-0.05, 0) is 105 Å². The predicted molar refractivity (Wildman–Crippen MR) is 263 cm³/mol. The zero-order valence-electron chi connectivity index (χ0n) is 34.1. The molecule has 0 bridgehead atoms. The van der Waals surface area contributed by atoms with Gasteiger partial charge in [-0.15, -0.1) is 0 Å². The van der Waals surface area contributed by atoms with Gasteiger partial charge in [0.2, 0.25) is 0 Å². The first-order valence-corrected chi connectivity index (χ1v) is 21.3. The molecule has 0 aliphatic heterocycles. The van der Waals surface area contributed by atoms with Gasteiger partial charge in [-0.3, -0.25) is 0 Å². The van der Waals surface area contributed by atoms with Crippen LogP contribution in [-0.2, 0) is 0 Å². The fourth-order valence-electron chi connectivity index (χ4n) is 9.21. The van der Waals surface area contributed by atoms with Gasteiger partial charge in [0.25, 0.3) is 0 Å². The molecule has 0 saturated heterocycles. The van der Waals surface area contributed by atoms with E-state index in [2.05, 4.69) is 264 Å². The Hall–Kier alpha value is -8.20. The van der Waals surface area contributed by atoms with Crippen molar-refractivity contribution in [3.05, 3.63) is 255 Å². The molecule has 292 valence electrons. The zero-order valence-corrected chi connectivity index (χ0v) is 34.1. The van der Waals surface area contributed by atoms with Crippen LogP contribution in [-0.4, -0.2) is 4.57 Å². The molecule has 0 spiro atoms. The van der Waals surface area contributed by atoms with Crippen LogP contribution in [0.15, 0.2) is 255 Å². The van der Waals surface area contributed by atoms with Crippen molar-refractivity contribution in [1.82, 2.24) is 4.57 Å². The molecule has 1 heterocycles. The van der Waals surface area contributed by atoms with Crippen LogP contribution in [0.5, 0.6) is 0 Å². The van der Waals surface area contributed by atoms with Crippen molar-refractivity contribution >= 4 is 38.9 Å². The number of benzene rings is 10. The van der Waals surface area contributed by atoms with Crippen LogP contribution in [0.25, 0.3) is 83.1 Å². The van der Waals surface area contributed by atoms with Crippen molar-refractivity contribution in [2.45, 2.75) is 0 Å². The van der Waals surface area contributed by atoms with Gasteiger partial charge in [-0.25, -0.2) is 0 Å². The van der Waals surface area contributed by atoms with E-state index in [1.165, 1.54) is 71.9 Å². The zero-order chi connectivity index (χ0) is 41.2. The molecule has 2 heteroatoms. The lowest BCUT2D eigenvalue weighted by Crippen LogP contribution is -2.11. The summed E-state index contributed by atoms with van der Waals surface area (Å²) in [6.45, 7) is 0. The Morgan fingerprint density at radius 1 is 0.242 bits per heavy atom. The number of aromatic nitrogens is 1. The summed E-state index contributed by atoms with van der Waals surface area (Å²) in [6, 6.07) is 92.0.